The molecule has 8 nitrogen and oxygen atoms in total. The van der Waals surface area contributed by atoms with Gasteiger partial charge in [0.2, 0.25) is 0 Å². The van der Waals surface area contributed by atoms with Gasteiger partial charge in [0.05, 0.1) is 18.4 Å². The monoisotopic (exact) mass is 576 g/mol. The van der Waals surface area contributed by atoms with Crippen LogP contribution in [0.2, 0.25) is 0 Å². The van der Waals surface area contributed by atoms with E-state index in [1.54, 1.807) is 36.3 Å². The van der Waals surface area contributed by atoms with Gasteiger partial charge >= 0.3 is 6.03 Å². The number of carbonyl (C=O) groups excluding carboxylic acids is 3. The number of aromatic nitrogens is 1. The number of para-hydroxylation sites is 2. The van der Waals surface area contributed by atoms with E-state index in [2.05, 4.69) is 16.4 Å². The Labute approximate surface area is 251 Å². The van der Waals surface area contributed by atoms with Crippen LogP contribution in [0.4, 0.5) is 10.5 Å². The summed E-state index contributed by atoms with van der Waals surface area (Å²) < 4.78 is 5.53. The van der Waals surface area contributed by atoms with Crippen LogP contribution in [0.25, 0.3) is 10.9 Å². The summed E-state index contributed by atoms with van der Waals surface area (Å²) in [6.07, 6.45) is 8.07. The number of carbonyl (C=O) groups is 3. The van der Waals surface area contributed by atoms with Crippen molar-refractivity contribution in [3.8, 4) is 5.75 Å². The third-order valence-corrected chi connectivity index (χ3v) is 9.29. The van der Waals surface area contributed by atoms with Crippen LogP contribution in [0.3, 0.4) is 0 Å². The van der Waals surface area contributed by atoms with Crippen molar-refractivity contribution in [2.45, 2.75) is 69.5 Å². The lowest BCUT2D eigenvalue weighted by molar-refractivity contribution is -0.120. The highest BCUT2D eigenvalue weighted by molar-refractivity contribution is 6.24. The first kappa shape index (κ1) is 27.3. The lowest BCUT2D eigenvalue weighted by Crippen LogP contribution is -2.44. The zero-order chi connectivity index (χ0) is 29.5. The highest BCUT2D eigenvalue weighted by Crippen LogP contribution is 2.45. The molecule has 0 spiro atoms. The summed E-state index contributed by atoms with van der Waals surface area (Å²) in [4.78, 5) is 48.8. The molecule has 0 bridgehead atoms. The number of methoxy groups -OCH3 is 1. The smallest absolute Gasteiger partial charge is 0.332 e. The predicted molar refractivity (Wildman–Crippen MR) is 165 cm³/mol. The Morgan fingerprint density at radius 2 is 1.65 bits per heavy atom. The minimum absolute atomic E-state index is 0.0907. The molecule has 1 unspecified atom stereocenters. The number of amides is 4. The van der Waals surface area contributed by atoms with Gasteiger partial charge < -0.3 is 15.0 Å². The van der Waals surface area contributed by atoms with Gasteiger partial charge in [-0.15, -0.1) is 0 Å². The molecular weight excluding hydrogens is 540 g/mol. The van der Waals surface area contributed by atoms with Crippen LogP contribution in [0.15, 0.2) is 72.8 Å². The van der Waals surface area contributed by atoms with E-state index in [1.807, 2.05) is 42.5 Å². The van der Waals surface area contributed by atoms with Gasteiger partial charge in [0.15, 0.2) is 0 Å². The van der Waals surface area contributed by atoms with E-state index >= 15 is 0 Å². The molecule has 2 N–H and O–H groups in total. The van der Waals surface area contributed by atoms with Gasteiger partial charge in [-0.1, -0.05) is 74.6 Å². The summed E-state index contributed by atoms with van der Waals surface area (Å²) in [5, 5.41) is 4.26. The van der Waals surface area contributed by atoms with E-state index in [-0.39, 0.29) is 17.9 Å². The average Bonchev–Trinajstić information content (AvgIpc) is 3.51. The van der Waals surface area contributed by atoms with Gasteiger partial charge in [-0.3, -0.25) is 14.5 Å². The molecule has 43 heavy (non-hydrogen) atoms. The summed E-state index contributed by atoms with van der Waals surface area (Å²) in [5.41, 5.74) is 4.40. The molecule has 0 radical (unpaired) electrons. The molecule has 2 fully saturated rings. The van der Waals surface area contributed by atoms with Gasteiger partial charge in [-0.25, -0.2) is 9.69 Å². The van der Waals surface area contributed by atoms with Crippen molar-refractivity contribution in [2.24, 2.45) is 0 Å². The van der Waals surface area contributed by atoms with Crippen LogP contribution >= 0.6 is 0 Å². The molecule has 2 atom stereocenters. The molecule has 1 aromatic heterocycles. The molecule has 3 heterocycles. The highest BCUT2D eigenvalue weighted by Gasteiger charge is 2.53. The Bertz CT molecular complexity index is 1700. The zero-order valence-electron chi connectivity index (χ0n) is 24.3. The average molecular weight is 577 g/mol. The Balaban J connectivity index is 1.28. The van der Waals surface area contributed by atoms with Crippen molar-refractivity contribution < 1.29 is 19.1 Å². The SMILES string of the molecule is COc1cccc(C2c3[nH]c4ccccc4c3C[C@H]3C(=O)N(c4ccccc4C(=O)NC4CCCCCCC4)C(=O)N23)c1. The quantitative estimate of drug-likeness (QED) is 0.265. The number of fused-ring (bicyclic) bond motifs is 4. The fourth-order valence-electron chi connectivity index (χ4n) is 7.18. The molecule has 8 heteroatoms. The van der Waals surface area contributed by atoms with Crippen molar-refractivity contribution in [2.75, 3.05) is 12.0 Å². The first-order valence-corrected chi connectivity index (χ1v) is 15.3. The molecule has 2 aliphatic heterocycles. The van der Waals surface area contributed by atoms with E-state index in [0.717, 1.165) is 53.4 Å². The topological polar surface area (TPSA) is 94.7 Å². The van der Waals surface area contributed by atoms with Crippen molar-refractivity contribution in [1.29, 1.82) is 0 Å². The number of ether oxygens (including phenoxy) is 1. The first-order chi connectivity index (χ1) is 21.0. The number of aromatic amines is 1. The van der Waals surface area contributed by atoms with Crippen LogP contribution in [0.1, 0.15) is 78.2 Å². The van der Waals surface area contributed by atoms with Crippen molar-refractivity contribution in [3.05, 3.63) is 95.2 Å². The number of rotatable bonds is 5. The Hall–Kier alpha value is -4.59. The second-order valence-corrected chi connectivity index (χ2v) is 11.9. The summed E-state index contributed by atoms with van der Waals surface area (Å²) in [6.45, 7) is 0. The minimum atomic E-state index is -0.711. The lowest BCUT2D eigenvalue weighted by atomic mass is 9.89. The molecule has 1 aliphatic carbocycles. The molecule has 1 saturated heterocycles. The maximum Gasteiger partial charge on any atom is 0.332 e. The Morgan fingerprint density at radius 1 is 0.907 bits per heavy atom. The number of nitrogens with one attached hydrogen (secondary N) is 2. The largest absolute Gasteiger partial charge is 0.497 e. The minimum Gasteiger partial charge on any atom is -0.497 e. The summed E-state index contributed by atoms with van der Waals surface area (Å²) in [6, 6.07) is 21.1. The van der Waals surface area contributed by atoms with Gasteiger partial charge in [0.25, 0.3) is 11.8 Å². The van der Waals surface area contributed by atoms with E-state index < -0.39 is 18.1 Å². The predicted octanol–water partition coefficient (Wildman–Crippen LogP) is 6.50. The number of nitrogens with zero attached hydrogens (tertiary/aromatic N) is 2. The van der Waals surface area contributed by atoms with Crippen LogP contribution in [0, 0.1) is 0 Å². The fraction of sp³-hybridized carbons (Fsp3) is 0.343. The number of H-pyrrole nitrogens is 1. The summed E-state index contributed by atoms with van der Waals surface area (Å²) in [5.74, 6) is 0.107. The highest BCUT2D eigenvalue weighted by atomic mass is 16.5. The standard InChI is InChI=1S/C35H36N4O4/c1-43-24-15-11-12-22(20-24)32-31-27(25-16-7-9-18-28(25)37-31)21-30-34(41)39(35(42)38(30)32)29-19-10-8-17-26(29)33(40)36-23-13-5-3-2-4-6-14-23/h7-12,15-20,23,30,32,37H,2-6,13-14,21H2,1H3,(H,36,40)/t30-,32?/m0/s1. The molecule has 3 aromatic carbocycles. The second-order valence-electron chi connectivity index (χ2n) is 11.9. The first-order valence-electron chi connectivity index (χ1n) is 15.3. The van der Waals surface area contributed by atoms with Gasteiger partial charge in [0.1, 0.15) is 17.8 Å². The van der Waals surface area contributed by atoms with Crippen molar-refractivity contribution >= 4 is 34.4 Å². The van der Waals surface area contributed by atoms with Crippen molar-refractivity contribution in [1.82, 2.24) is 15.2 Å². The normalized spacial score (nSPS) is 20.9. The lowest BCUT2D eigenvalue weighted by Gasteiger charge is -2.36. The molecular formula is C35H36N4O4. The molecule has 1 saturated carbocycles. The summed E-state index contributed by atoms with van der Waals surface area (Å²) in [7, 11) is 1.61. The fourth-order valence-corrected chi connectivity index (χ4v) is 7.18. The maximum absolute atomic E-state index is 14.4. The Kier molecular flexibility index (Phi) is 7.13. The van der Waals surface area contributed by atoms with Crippen LogP contribution < -0.4 is 15.0 Å². The number of hydrogen-bond acceptors (Lipinski definition) is 4. The summed E-state index contributed by atoms with van der Waals surface area (Å²) >= 11 is 0. The van der Waals surface area contributed by atoms with Gasteiger partial charge in [0, 0.05) is 29.1 Å². The number of urea groups is 1. The van der Waals surface area contributed by atoms with Crippen LogP contribution in [0.5, 0.6) is 5.75 Å². The molecule has 3 aliphatic rings. The maximum atomic E-state index is 14.4. The van der Waals surface area contributed by atoms with Crippen LogP contribution in [-0.2, 0) is 11.2 Å². The number of benzene rings is 3. The number of imide groups is 1. The zero-order valence-corrected chi connectivity index (χ0v) is 24.3. The van der Waals surface area contributed by atoms with E-state index in [9.17, 15) is 14.4 Å². The van der Waals surface area contributed by atoms with Gasteiger partial charge in [-0.2, -0.15) is 0 Å². The molecule has 4 aromatic rings. The van der Waals surface area contributed by atoms with Gasteiger partial charge in [-0.05, 0) is 54.3 Å². The third kappa shape index (κ3) is 4.75. The Morgan fingerprint density at radius 3 is 2.47 bits per heavy atom. The molecule has 7 rings (SSSR count). The third-order valence-electron chi connectivity index (χ3n) is 9.29. The second kappa shape index (κ2) is 11.2. The van der Waals surface area contributed by atoms with Crippen molar-refractivity contribution in [3.63, 3.8) is 0 Å². The van der Waals surface area contributed by atoms with Crippen LogP contribution in [-0.4, -0.2) is 46.9 Å². The van der Waals surface area contributed by atoms with E-state index in [4.69, 9.17) is 4.74 Å². The number of hydrogen-bond donors (Lipinski definition) is 2. The molecule has 4 amide bonds. The number of anilines is 1. The van der Waals surface area contributed by atoms with E-state index in [1.165, 1.54) is 24.2 Å². The molecule has 220 valence electrons. The van der Waals surface area contributed by atoms with E-state index in [0.29, 0.717) is 23.4 Å².